The minimum Gasteiger partial charge on any atom is -0.490 e. The standard InChI is InChI=1S/C23H26N4O3.2C22H26N2O3.2C21H26N2O2/c1-15-3-7-18(8-4-15)24-23(28)25-19-9-13-21(14-10-19)30-20-11-5-17(6-12-20)22-27-26-16(2)29-22;2*1-15-3-7-18(8-4-15)23-22(26)24-19-9-13-21(14-10-19)27-20-11-5-17(6-12-20)16(2)25;2*1-15-3-7-17(8-4-15)22-21(24)23-18-9-13-20(14-10-18)25-19-11-5-16(2)6-12-19/h3-8,11-12,19,21H,9-10,13-14H2,1-2H3,(H2,24,25,28);2*3-8,11-12,19,21H,9-10,13-14H2,1-2H3,(H2,23,24,26);2*3-8,11-12,18,20H,9-10,13-14H2,1-2H3,(H2,22,23,24). The SMILES string of the molecule is CC(=O)c1ccc(OC2CCC(NC(=O)Nc3ccc(C)cc3)CC2)cc1.CC(=O)c1ccc(OC2CCC(NC(=O)Nc3ccc(C)cc3)CC2)cc1.Cc1ccc(NC(=O)NC2CCC(Oc3ccc(-c4nnc(C)o4)cc3)CC2)cc1.Cc1ccc(NC(=O)NC2CCC(Oc3ccc(C)cc3)CC2)cc1.Cc1ccc(NC(=O)NC2CCC(Oc3ccc(C)cc3)CC2)cc1. The molecule has 1 heterocycles. The fourth-order valence-corrected chi connectivity index (χ4v) is 16.4. The van der Waals surface area contributed by atoms with Crippen LogP contribution in [0.1, 0.15) is 208 Å². The van der Waals surface area contributed by atoms with Gasteiger partial charge in [0.2, 0.25) is 11.8 Å². The molecular formula is C109H130N12O13. The first kappa shape index (κ1) is 99.1. The highest BCUT2D eigenvalue weighted by molar-refractivity contribution is 5.95. The second-order valence-corrected chi connectivity index (χ2v) is 35.7. The van der Waals surface area contributed by atoms with E-state index in [-0.39, 0.29) is 102 Å². The molecule has 0 unspecified atom stereocenters. The third kappa shape index (κ3) is 34.3. The number of urea groups is 5. The smallest absolute Gasteiger partial charge is 0.319 e. The van der Waals surface area contributed by atoms with Crippen LogP contribution in [0.5, 0.6) is 28.7 Å². The fourth-order valence-electron chi connectivity index (χ4n) is 16.4. The molecule has 0 atom stereocenters. The van der Waals surface area contributed by atoms with E-state index in [1.807, 2.05) is 229 Å². The third-order valence-corrected chi connectivity index (χ3v) is 24.3. The Balaban J connectivity index is 0.000000151. The molecule has 0 saturated heterocycles. The minimum atomic E-state index is -0.164. The number of Topliss-reactive ketones (excluding diaryl/α,β-unsaturated/α-hetero) is 2. The molecule has 0 aliphatic heterocycles. The Morgan fingerprint density at radius 2 is 0.418 bits per heavy atom. The summed E-state index contributed by atoms with van der Waals surface area (Å²) >= 11 is 0. The van der Waals surface area contributed by atoms with Crippen molar-refractivity contribution in [2.45, 2.75) is 258 Å². The molecule has 10 aromatic carbocycles. The van der Waals surface area contributed by atoms with E-state index in [1.165, 1.54) is 27.8 Å². The number of nitrogens with one attached hydrogen (secondary N) is 10. The molecule has 25 heteroatoms. The Labute approximate surface area is 788 Å². The molecular weight excluding hydrogens is 1690 g/mol. The number of amides is 10. The van der Waals surface area contributed by atoms with E-state index in [0.29, 0.717) is 22.9 Å². The van der Waals surface area contributed by atoms with E-state index in [9.17, 15) is 33.6 Å². The van der Waals surface area contributed by atoms with Crippen molar-refractivity contribution in [3.63, 3.8) is 0 Å². The molecule has 5 saturated carbocycles. The summed E-state index contributed by atoms with van der Waals surface area (Å²) in [6.07, 6.45) is 19.2. The average molecular weight is 1820 g/mol. The van der Waals surface area contributed by atoms with E-state index in [2.05, 4.69) is 101 Å². The van der Waals surface area contributed by atoms with Crippen molar-refractivity contribution < 1.29 is 61.7 Å². The van der Waals surface area contributed by atoms with Crippen LogP contribution in [0.15, 0.2) is 247 Å². The topological polar surface area (TPSA) is 325 Å². The summed E-state index contributed by atoms with van der Waals surface area (Å²) in [7, 11) is 0. The van der Waals surface area contributed by atoms with Gasteiger partial charge in [0.15, 0.2) is 11.6 Å². The minimum absolute atomic E-state index is 0.0528. The number of benzene rings is 10. The zero-order valence-electron chi connectivity index (χ0n) is 78.7. The Morgan fingerprint density at radius 1 is 0.239 bits per heavy atom. The van der Waals surface area contributed by atoms with Crippen molar-refractivity contribution in [2.75, 3.05) is 26.6 Å². The molecule has 0 radical (unpaired) electrons. The van der Waals surface area contributed by atoms with E-state index >= 15 is 0 Å². The molecule has 5 fully saturated rings. The summed E-state index contributed by atoms with van der Waals surface area (Å²) in [6, 6.07) is 77.7. The zero-order valence-corrected chi connectivity index (χ0v) is 78.7. The molecule has 5 aliphatic carbocycles. The van der Waals surface area contributed by atoms with E-state index < -0.39 is 0 Å². The molecule has 10 amide bonds. The molecule has 5 aliphatic rings. The highest BCUT2D eigenvalue weighted by Gasteiger charge is 2.30. The Kier molecular flexibility index (Phi) is 37.4. The van der Waals surface area contributed by atoms with Crippen LogP contribution < -0.4 is 76.9 Å². The number of rotatable bonds is 23. The number of carbonyl (C=O) groups is 7. The number of nitrogens with zero attached hydrogens (tertiary/aromatic N) is 2. The number of carbonyl (C=O) groups excluding carboxylic acids is 7. The lowest BCUT2D eigenvalue weighted by Crippen LogP contribution is -2.41. The molecule has 0 bridgehead atoms. The quantitative estimate of drug-likeness (QED) is 0.0266. The maximum atomic E-state index is 12.2. The van der Waals surface area contributed by atoms with Gasteiger partial charge in [-0.2, -0.15) is 0 Å². The van der Waals surface area contributed by atoms with Gasteiger partial charge in [-0.3, -0.25) is 9.59 Å². The maximum Gasteiger partial charge on any atom is 0.319 e. The van der Waals surface area contributed by atoms with Gasteiger partial charge in [0.1, 0.15) is 28.7 Å². The molecule has 10 N–H and O–H groups in total. The van der Waals surface area contributed by atoms with Gasteiger partial charge in [-0.25, -0.2) is 24.0 Å². The second-order valence-electron chi connectivity index (χ2n) is 35.7. The van der Waals surface area contributed by atoms with Gasteiger partial charge >= 0.3 is 30.2 Å². The predicted molar refractivity (Wildman–Crippen MR) is 530 cm³/mol. The first-order chi connectivity index (χ1) is 64.7. The van der Waals surface area contributed by atoms with Crippen molar-refractivity contribution in [1.82, 2.24) is 36.8 Å². The Morgan fingerprint density at radius 3 is 0.597 bits per heavy atom. The molecule has 16 rings (SSSR count). The number of hydrogen-bond donors (Lipinski definition) is 10. The van der Waals surface area contributed by atoms with Gasteiger partial charge < -0.3 is 81.3 Å². The van der Waals surface area contributed by atoms with Crippen LogP contribution in [0, 0.1) is 55.4 Å². The van der Waals surface area contributed by atoms with Crippen LogP contribution in [0.3, 0.4) is 0 Å². The number of hydrogen-bond acceptors (Lipinski definition) is 15. The van der Waals surface area contributed by atoms with E-state index in [1.54, 1.807) is 45.0 Å². The summed E-state index contributed by atoms with van der Waals surface area (Å²) in [6.45, 7) is 19.1. The lowest BCUT2D eigenvalue weighted by Gasteiger charge is -2.29. The molecule has 11 aromatic rings. The number of ketones is 2. The summed E-state index contributed by atoms with van der Waals surface area (Å²) in [5.41, 5.74) is 14.6. The lowest BCUT2D eigenvalue weighted by molar-refractivity contribution is 0.100. The first-order valence-corrected chi connectivity index (χ1v) is 47.0. The molecule has 0 spiro atoms. The monoisotopic (exact) mass is 1810 g/mol. The average Bonchev–Trinajstić information content (AvgIpc) is 1.11. The van der Waals surface area contributed by atoms with Gasteiger partial charge in [-0.05, 0) is 348 Å². The van der Waals surface area contributed by atoms with Crippen LogP contribution in [0.25, 0.3) is 11.5 Å². The van der Waals surface area contributed by atoms with Crippen LogP contribution in [0.2, 0.25) is 0 Å². The first-order valence-electron chi connectivity index (χ1n) is 47.0. The Bertz CT molecular complexity index is 5230. The number of ether oxygens (including phenoxy) is 5. The fraction of sp³-hybridized carbons (Fsp3) is 0.367. The van der Waals surface area contributed by atoms with Gasteiger partial charge in [-0.15, -0.1) is 10.2 Å². The molecule has 25 nitrogen and oxygen atoms in total. The number of aryl methyl sites for hydroxylation is 8. The second kappa shape index (κ2) is 50.6. The number of aromatic nitrogens is 2. The van der Waals surface area contributed by atoms with Crippen molar-refractivity contribution in [2.24, 2.45) is 0 Å². The van der Waals surface area contributed by atoms with Crippen LogP contribution in [-0.2, 0) is 0 Å². The zero-order chi connectivity index (χ0) is 94.7. The summed E-state index contributed by atoms with van der Waals surface area (Å²) in [5.74, 6) is 5.41. The summed E-state index contributed by atoms with van der Waals surface area (Å²) in [4.78, 5) is 83.4. The predicted octanol–water partition coefficient (Wildman–Crippen LogP) is 23.9. The molecule has 134 heavy (non-hydrogen) atoms. The molecule has 1 aromatic heterocycles. The van der Waals surface area contributed by atoms with Crippen LogP contribution >= 0.6 is 0 Å². The van der Waals surface area contributed by atoms with Crippen molar-refractivity contribution in [1.29, 1.82) is 0 Å². The summed E-state index contributed by atoms with van der Waals surface area (Å²) in [5, 5.41) is 37.6. The normalized spacial score (nSPS) is 19.3. The highest BCUT2D eigenvalue weighted by Crippen LogP contribution is 2.32. The lowest BCUT2D eigenvalue weighted by atomic mass is 9.93. The van der Waals surface area contributed by atoms with Crippen molar-refractivity contribution >= 4 is 70.2 Å². The highest BCUT2D eigenvalue weighted by atomic mass is 16.5. The van der Waals surface area contributed by atoms with Crippen molar-refractivity contribution in [3.05, 3.63) is 299 Å². The molecule has 704 valence electrons. The Hall–Kier alpha value is -14.0. The van der Waals surface area contributed by atoms with Gasteiger partial charge in [0.25, 0.3) is 0 Å². The summed E-state index contributed by atoms with van der Waals surface area (Å²) < 4.78 is 35.7. The third-order valence-electron chi connectivity index (χ3n) is 24.3. The van der Waals surface area contributed by atoms with Crippen LogP contribution in [-0.4, -0.2) is 113 Å². The van der Waals surface area contributed by atoms with Gasteiger partial charge in [0.05, 0.1) is 30.5 Å². The van der Waals surface area contributed by atoms with E-state index in [0.717, 1.165) is 202 Å². The van der Waals surface area contributed by atoms with Gasteiger partial charge in [0, 0.05) is 82.3 Å². The van der Waals surface area contributed by atoms with Crippen molar-refractivity contribution in [3.8, 4) is 40.2 Å². The van der Waals surface area contributed by atoms with Crippen LogP contribution in [0.4, 0.5) is 52.4 Å². The van der Waals surface area contributed by atoms with E-state index in [4.69, 9.17) is 28.1 Å². The number of anilines is 5. The van der Waals surface area contributed by atoms with Gasteiger partial charge in [-0.1, -0.05) is 124 Å². The maximum absolute atomic E-state index is 12.2. The largest absolute Gasteiger partial charge is 0.490 e.